The molecule has 1 aromatic carbocycles. The minimum atomic E-state index is -0.432. The molecule has 1 atom stereocenters. The SMILES string of the molecule is O=c1c2cc(F)ccc2nnn1[C@@H]1CCNC1. The van der Waals surface area contributed by atoms with Gasteiger partial charge in [0, 0.05) is 6.54 Å². The molecule has 0 unspecified atom stereocenters. The van der Waals surface area contributed by atoms with E-state index in [1.54, 1.807) is 0 Å². The first-order valence-corrected chi connectivity index (χ1v) is 5.51. The van der Waals surface area contributed by atoms with Crippen LogP contribution in [0, 0.1) is 5.82 Å². The molecule has 0 saturated carbocycles. The van der Waals surface area contributed by atoms with Gasteiger partial charge in [-0.2, -0.15) is 0 Å². The zero-order chi connectivity index (χ0) is 11.8. The maximum atomic E-state index is 13.1. The van der Waals surface area contributed by atoms with Crippen LogP contribution in [0.25, 0.3) is 10.9 Å². The van der Waals surface area contributed by atoms with Crippen LogP contribution in [-0.2, 0) is 0 Å². The predicted molar refractivity (Wildman–Crippen MR) is 60.3 cm³/mol. The van der Waals surface area contributed by atoms with Crippen molar-refractivity contribution in [3.8, 4) is 0 Å². The molecule has 1 saturated heterocycles. The molecule has 0 aliphatic carbocycles. The van der Waals surface area contributed by atoms with Gasteiger partial charge in [0.2, 0.25) is 0 Å². The Balaban J connectivity index is 2.21. The van der Waals surface area contributed by atoms with E-state index in [4.69, 9.17) is 0 Å². The molecule has 1 fully saturated rings. The van der Waals surface area contributed by atoms with Crippen LogP contribution < -0.4 is 10.9 Å². The van der Waals surface area contributed by atoms with Crippen LogP contribution in [-0.4, -0.2) is 28.1 Å². The van der Waals surface area contributed by atoms with Gasteiger partial charge in [0.15, 0.2) is 0 Å². The van der Waals surface area contributed by atoms with E-state index in [-0.39, 0.29) is 17.0 Å². The molecule has 0 amide bonds. The first-order valence-electron chi connectivity index (χ1n) is 5.51. The predicted octanol–water partition coefficient (Wildman–Crippen LogP) is 0.465. The Hall–Kier alpha value is -1.82. The quantitative estimate of drug-likeness (QED) is 0.779. The Labute approximate surface area is 96.2 Å². The number of nitrogens with zero attached hydrogens (tertiary/aromatic N) is 3. The molecule has 5 nitrogen and oxygen atoms in total. The normalized spacial score (nSPS) is 19.9. The minimum absolute atomic E-state index is 0.0164. The highest BCUT2D eigenvalue weighted by molar-refractivity contribution is 5.76. The van der Waals surface area contributed by atoms with Gasteiger partial charge in [-0.05, 0) is 31.2 Å². The lowest BCUT2D eigenvalue weighted by Gasteiger charge is -2.10. The maximum absolute atomic E-state index is 13.1. The van der Waals surface area contributed by atoms with Crippen LogP contribution in [0.1, 0.15) is 12.5 Å². The third-order valence-electron chi connectivity index (χ3n) is 3.03. The average molecular weight is 234 g/mol. The van der Waals surface area contributed by atoms with Crippen molar-refractivity contribution in [1.29, 1.82) is 0 Å². The summed E-state index contributed by atoms with van der Waals surface area (Å²) in [5.74, 6) is -0.432. The molecule has 3 rings (SSSR count). The van der Waals surface area contributed by atoms with Crippen LogP contribution in [0.5, 0.6) is 0 Å². The summed E-state index contributed by atoms with van der Waals surface area (Å²) in [5, 5.41) is 11.3. The van der Waals surface area contributed by atoms with E-state index in [2.05, 4.69) is 15.6 Å². The Bertz CT molecular complexity index is 618. The Morgan fingerprint density at radius 2 is 2.35 bits per heavy atom. The number of rotatable bonds is 1. The molecule has 1 aliphatic rings. The Morgan fingerprint density at radius 1 is 1.47 bits per heavy atom. The van der Waals surface area contributed by atoms with Crippen LogP contribution >= 0.6 is 0 Å². The van der Waals surface area contributed by atoms with Crippen molar-refractivity contribution in [3.63, 3.8) is 0 Å². The first-order chi connectivity index (χ1) is 8.25. The zero-order valence-corrected chi connectivity index (χ0v) is 9.06. The number of aromatic nitrogens is 3. The second kappa shape index (κ2) is 3.89. The third kappa shape index (κ3) is 1.70. The van der Waals surface area contributed by atoms with Gasteiger partial charge in [0.25, 0.3) is 5.56 Å². The molecule has 17 heavy (non-hydrogen) atoms. The monoisotopic (exact) mass is 234 g/mol. The summed E-state index contributed by atoms with van der Waals surface area (Å²) in [5.41, 5.74) is 0.154. The van der Waals surface area contributed by atoms with Gasteiger partial charge in [-0.25, -0.2) is 9.07 Å². The van der Waals surface area contributed by atoms with Gasteiger partial charge in [-0.3, -0.25) is 4.79 Å². The standard InChI is InChI=1S/C11H11FN4O/c12-7-1-2-10-9(5-7)11(17)16(15-14-10)8-3-4-13-6-8/h1-2,5,8,13H,3-4,6H2/t8-/m1/s1. The van der Waals surface area contributed by atoms with Gasteiger partial charge >= 0.3 is 0 Å². The van der Waals surface area contributed by atoms with Gasteiger partial charge in [0.1, 0.15) is 11.3 Å². The summed E-state index contributed by atoms with van der Waals surface area (Å²) in [6, 6.07) is 3.97. The topological polar surface area (TPSA) is 59.8 Å². The fourth-order valence-corrected chi connectivity index (χ4v) is 2.11. The van der Waals surface area contributed by atoms with Crippen molar-refractivity contribution in [3.05, 3.63) is 34.4 Å². The highest BCUT2D eigenvalue weighted by atomic mass is 19.1. The summed E-state index contributed by atoms with van der Waals surface area (Å²) in [6.45, 7) is 1.56. The smallest absolute Gasteiger partial charge is 0.278 e. The second-order valence-corrected chi connectivity index (χ2v) is 4.15. The minimum Gasteiger partial charge on any atom is -0.315 e. The van der Waals surface area contributed by atoms with Gasteiger partial charge in [0.05, 0.1) is 11.4 Å². The van der Waals surface area contributed by atoms with E-state index in [9.17, 15) is 9.18 Å². The van der Waals surface area contributed by atoms with Crippen molar-refractivity contribution in [1.82, 2.24) is 20.3 Å². The molecule has 1 N–H and O–H groups in total. The van der Waals surface area contributed by atoms with E-state index in [0.29, 0.717) is 12.1 Å². The van der Waals surface area contributed by atoms with Crippen LogP contribution in [0.15, 0.2) is 23.0 Å². The van der Waals surface area contributed by atoms with Crippen molar-refractivity contribution < 1.29 is 4.39 Å². The number of fused-ring (bicyclic) bond motifs is 1. The molecule has 88 valence electrons. The highest BCUT2D eigenvalue weighted by Crippen LogP contribution is 2.13. The molecule has 6 heteroatoms. The molecule has 0 radical (unpaired) electrons. The number of hydrogen-bond donors (Lipinski definition) is 1. The summed E-state index contributed by atoms with van der Waals surface area (Å²) >= 11 is 0. The van der Waals surface area contributed by atoms with Crippen LogP contribution in [0.2, 0.25) is 0 Å². The lowest BCUT2D eigenvalue weighted by atomic mass is 10.2. The van der Waals surface area contributed by atoms with Crippen LogP contribution in [0.4, 0.5) is 4.39 Å². The van der Waals surface area contributed by atoms with E-state index in [1.165, 1.54) is 22.9 Å². The maximum Gasteiger partial charge on any atom is 0.278 e. The average Bonchev–Trinajstić information content (AvgIpc) is 2.84. The zero-order valence-electron chi connectivity index (χ0n) is 9.06. The Morgan fingerprint density at radius 3 is 3.12 bits per heavy atom. The largest absolute Gasteiger partial charge is 0.315 e. The van der Waals surface area contributed by atoms with E-state index in [1.807, 2.05) is 0 Å². The molecule has 0 bridgehead atoms. The van der Waals surface area contributed by atoms with Crippen molar-refractivity contribution in [2.24, 2.45) is 0 Å². The fraction of sp³-hybridized carbons (Fsp3) is 0.364. The van der Waals surface area contributed by atoms with Crippen molar-refractivity contribution in [2.75, 3.05) is 13.1 Å². The van der Waals surface area contributed by atoms with E-state index in [0.717, 1.165) is 13.0 Å². The molecule has 2 aromatic rings. The molecule has 0 spiro atoms. The number of hydrogen-bond acceptors (Lipinski definition) is 4. The summed E-state index contributed by atoms with van der Waals surface area (Å²) < 4.78 is 14.5. The second-order valence-electron chi connectivity index (χ2n) is 4.15. The molecular weight excluding hydrogens is 223 g/mol. The van der Waals surface area contributed by atoms with E-state index >= 15 is 0 Å². The summed E-state index contributed by atoms with van der Waals surface area (Å²) in [4.78, 5) is 12.1. The molecular formula is C11H11FN4O. The van der Waals surface area contributed by atoms with Gasteiger partial charge < -0.3 is 5.32 Å². The van der Waals surface area contributed by atoms with E-state index < -0.39 is 5.82 Å². The Kier molecular flexibility index (Phi) is 2.36. The molecule has 1 aromatic heterocycles. The summed E-state index contributed by atoms with van der Waals surface area (Å²) in [6.07, 6.45) is 0.843. The molecule has 1 aliphatic heterocycles. The van der Waals surface area contributed by atoms with Gasteiger partial charge in [-0.1, -0.05) is 5.21 Å². The van der Waals surface area contributed by atoms with Crippen molar-refractivity contribution >= 4 is 10.9 Å². The van der Waals surface area contributed by atoms with Crippen molar-refractivity contribution in [2.45, 2.75) is 12.5 Å². The molecule has 2 heterocycles. The first kappa shape index (κ1) is 10.3. The highest BCUT2D eigenvalue weighted by Gasteiger charge is 2.20. The number of halogens is 1. The number of nitrogens with one attached hydrogen (secondary N) is 1. The fourth-order valence-electron chi connectivity index (χ4n) is 2.11. The summed E-state index contributed by atoms with van der Waals surface area (Å²) in [7, 11) is 0. The lowest BCUT2D eigenvalue weighted by Crippen LogP contribution is -2.29. The number of benzene rings is 1. The van der Waals surface area contributed by atoms with Gasteiger partial charge in [-0.15, -0.1) is 5.10 Å². The van der Waals surface area contributed by atoms with Crippen LogP contribution in [0.3, 0.4) is 0 Å². The third-order valence-corrected chi connectivity index (χ3v) is 3.03. The lowest BCUT2D eigenvalue weighted by molar-refractivity contribution is 0.448.